The van der Waals surface area contributed by atoms with Gasteiger partial charge in [-0.05, 0) is 32.0 Å². The molecule has 0 unspecified atom stereocenters. The van der Waals surface area contributed by atoms with E-state index in [1.807, 2.05) is 0 Å². The molecule has 0 N–H and O–H groups in total. The number of likely N-dealkylation sites (N-methyl/N-ethyl adjacent to an activating group) is 1. The zero-order valence-corrected chi connectivity index (χ0v) is 13.0. The topological polar surface area (TPSA) is 12.5 Å². The van der Waals surface area contributed by atoms with Gasteiger partial charge in [0.2, 0.25) is 0 Å². The molecule has 2 nitrogen and oxygen atoms in total. The van der Waals surface area contributed by atoms with Gasteiger partial charge in [-0.3, -0.25) is 4.90 Å². The maximum atomic E-state index is 6.17. The van der Waals surface area contributed by atoms with Crippen LogP contribution in [-0.4, -0.2) is 24.6 Å². The Hall–Kier alpha value is -1.64. The third kappa shape index (κ3) is 3.17. The molecule has 0 radical (unpaired) electrons. The van der Waals surface area contributed by atoms with E-state index in [1.54, 1.807) is 0 Å². The van der Waals surface area contributed by atoms with Crippen molar-refractivity contribution in [3.05, 3.63) is 70.8 Å². The summed E-state index contributed by atoms with van der Waals surface area (Å²) in [6.45, 7) is 5.98. The molecule has 1 fully saturated rings. The van der Waals surface area contributed by atoms with Crippen molar-refractivity contribution in [1.29, 1.82) is 0 Å². The third-order valence-electron chi connectivity index (χ3n) is 4.18. The normalized spacial score (nSPS) is 22.0. The lowest BCUT2D eigenvalue weighted by atomic mass is 9.92. The summed E-state index contributed by atoms with van der Waals surface area (Å²) >= 11 is 0. The van der Waals surface area contributed by atoms with E-state index < -0.39 is 0 Å². The van der Waals surface area contributed by atoms with Crippen LogP contribution >= 0.6 is 0 Å². The molecular weight excluding hydrogens is 258 g/mol. The van der Waals surface area contributed by atoms with Crippen molar-refractivity contribution in [2.24, 2.45) is 0 Å². The molecule has 2 heteroatoms. The van der Waals surface area contributed by atoms with Gasteiger partial charge in [-0.2, -0.15) is 0 Å². The Kier molecular flexibility index (Phi) is 4.09. The summed E-state index contributed by atoms with van der Waals surface area (Å²) in [4.78, 5) is 2.35. The van der Waals surface area contributed by atoms with E-state index in [2.05, 4.69) is 74.3 Å². The minimum absolute atomic E-state index is 0.290. The Morgan fingerprint density at radius 3 is 2.33 bits per heavy atom. The lowest BCUT2D eigenvalue weighted by Crippen LogP contribution is -2.52. The number of likely N-dealkylation sites (tertiary alicyclic amines) is 1. The van der Waals surface area contributed by atoms with Gasteiger partial charge in [-0.15, -0.1) is 0 Å². The summed E-state index contributed by atoms with van der Waals surface area (Å²) in [5, 5.41) is 0. The second kappa shape index (κ2) is 6.00. The molecule has 2 atom stereocenters. The molecule has 0 aromatic heterocycles. The van der Waals surface area contributed by atoms with Crippen LogP contribution in [0.2, 0.25) is 0 Å². The van der Waals surface area contributed by atoms with Crippen molar-refractivity contribution in [2.45, 2.75) is 32.6 Å². The van der Waals surface area contributed by atoms with Crippen LogP contribution in [0.3, 0.4) is 0 Å². The molecule has 0 bridgehead atoms. The second-order valence-corrected chi connectivity index (χ2v) is 6.14. The van der Waals surface area contributed by atoms with Crippen LogP contribution < -0.4 is 0 Å². The van der Waals surface area contributed by atoms with E-state index in [1.165, 1.54) is 22.3 Å². The first-order chi connectivity index (χ1) is 10.1. The van der Waals surface area contributed by atoms with Crippen LogP contribution in [0.4, 0.5) is 0 Å². The van der Waals surface area contributed by atoms with Crippen molar-refractivity contribution in [2.75, 3.05) is 13.6 Å². The maximum Gasteiger partial charge on any atom is 0.0902 e. The lowest BCUT2D eigenvalue weighted by molar-refractivity contribution is -0.102. The zero-order chi connectivity index (χ0) is 14.8. The fourth-order valence-electron chi connectivity index (χ4n) is 3.26. The SMILES string of the molecule is Cc1cc(C)cc(CO[C@@H]2CN(C)[C@@H]2c2ccccc2)c1. The highest BCUT2D eigenvalue weighted by Gasteiger charge is 2.38. The van der Waals surface area contributed by atoms with Gasteiger partial charge in [-0.1, -0.05) is 59.7 Å². The molecule has 0 spiro atoms. The number of hydrogen-bond acceptors (Lipinski definition) is 2. The van der Waals surface area contributed by atoms with E-state index in [4.69, 9.17) is 4.74 Å². The number of hydrogen-bond donors (Lipinski definition) is 0. The number of aryl methyl sites for hydroxylation is 2. The predicted molar refractivity (Wildman–Crippen MR) is 86.3 cm³/mol. The van der Waals surface area contributed by atoms with Crippen LogP contribution in [0.5, 0.6) is 0 Å². The van der Waals surface area contributed by atoms with Gasteiger partial charge in [0.1, 0.15) is 0 Å². The highest BCUT2D eigenvalue weighted by atomic mass is 16.5. The first-order valence-corrected chi connectivity index (χ1v) is 7.57. The molecule has 0 amide bonds. The van der Waals surface area contributed by atoms with Crippen molar-refractivity contribution in [1.82, 2.24) is 4.90 Å². The van der Waals surface area contributed by atoms with Gasteiger partial charge in [0, 0.05) is 6.54 Å². The van der Waals surface area contributed by atoms with Gasteiger partial charge in [0.25, 0.3) is 0 Å². The largest absolute Gasteiger partial charge is 0.370 e. The lowest BCUT2D eigenvalue weighted by Gasteiger charge is -2.45. The Bertz CT molecular complexity index is 588. The minimum atomic E-state index is 0.290. The van der Waals surface area contributed by atoms with Gasteiger partial charge in [0.05, 0.1) is 18.8 Å². The van der Waals surface area contributed by atoms with Crippen LogP contribution in [0, 0.1) is 13.8 Å². The third-order valence-corrected chi connectivity index (χ3v) is 4.18. The highest BCUT2D eigenvalue weighted by molar-refractivity contribution is 5.28. The molecular formula is C19H23NO. The summed E-state index contributed by atoms with van der Waals surface area (Å²) in [5.41, 5.74) is 5.23. The van der Waals surface area contributed by atoms with E-state index in [0.29, 0.717) is 18.8 Å². The van der Waals surface area contributed by atoms with Crippen LogP contribution in [-0.2, 0) is 11.3 Å². The number of benzene rings is 2. The van der Waals surface area contributed by atoms with Gasteiger partial charge >= 0.3 is 0 Å². The highest BCUT2D eigenvalue weighted by Crippen LogP contribution is 2.34. The summed E-state index contributed by atoms with van der Waals surface area (Å²) in [6.07, 6.45) is 0.290. The number of ether oxygens (including phenoxy) is 1. The number of rotatable bonds is 4. The molecule has 2 aromatic rings. The van der Waals surface area contributed by atoms with E-state index in [-0.39, 0.29) is 0 Å². The molecule has 1 aliphatic heterocycles. The second-order valence-electron chi connectivity index (χ2n) is 6.14. The fraction of sp³-hybridized carbons (Fsp3) is 0.368. The fourth-order valence-corrected chi connectivity index (χ4v) is 3.26. The monoisotopic (exact) mass is 281 g/mol. The molecule has 110 valence electrons. The van der Waals surface area contributed by atoms with Crippen LogP contribution in [0.15, 0.2) is 48.5 Å². The minimum Gasteiger partial charge on any atom is -0.370 e. The molecule has 1 heterocycles. The van der Waals surface area contributed by atoms with Crippen LogP contribution in [0.25, 0.3) is 0 Å². The van der Waals surface area contributed by atoms with E-state index in [0.717, 1.165) is 6.54 Å². The van der Waals surface area contributed by atoms with Gasteiger partial charge in [0.15, 0.2) is 0 Å². The average molecular weight is 281 g/mol. The first kappa shape index (κ1) is 14.3. The predicted octanol–water partition coefficient (Wildman–Crippen LogP) is 3.88. The Labute approximate surface area is 127 Å². The Morgan fingerprint density at radius 1 is 1.05 bits per heavy atom. The summed E-state index contributed by atoms with van der Waals surface area (Å²) in [5.74, 6) is 0. The molecule has 1 saturated heterocycles. The first-order valence-electron chi connectivity index (χ1n) is 7.57. The molecule has 3 rings (SSSR count). The Morgan fingerprint density at radius 2 is 1.71 bits per heavy atom. The van der Waals surface area contributed by atoms with Gasteiger partial charge < -0.3 is 4.74 Å². The maximum absolute atomic E-state index is 6.17. The summed E-state index contributed by atoms with van der Waals surface area (Å²) in [7, 11) is 2.16. The van der Waals surface area contributed by atoms with Gasteiger partial charge in [-0.25, -0.2) is 0 Å². The van der Waals surface area contributed by atoms with Crippen LogP contribution in [0.1, 0.15) is 28.3 Å². The average Bonchev–Trinajstić information content (AvgIpc) is 2.43. The van der Waals surface area contributed by atoms with Crippen molar-refractivity contribution < 1.29 is 4.74 Å². The molecule has 0 aliphatic carbocycles. The quantitative estimate of drug-likeness (QED) is 0.843. The summed E-state index contributed by atoms with van der Waals surface area (Å²) in [6, 6.07) is 17.7. The molecule has 1 aliphatic rings. The van der Waals surface area contributed by atoms with Crippen molar-refractivity contribution in [3.8, 4) is 0 Å². The summed E-state index contributed by atoms with van der Waals surface area (Å²) < 4.78 is 6.17. The molecule has 2 aromatic carbocycles. The van der Waals surface area contributed by atoms with Crippen molar-refractivity contribution in [3.63, 3.8) is 0 Å². The molecule has 0 saturated carbocycles. The smallest absolute Gasteiger partial charge is 0.0902 e. The number of nitrogens with zero attached hydrogens (tertiary/aromatic N) is 1. The van der Waals surface area contributed by atoms with Crippen molar-refractivity contribution >= 4 is 0 Å². The van der Waals surface area contributed by atoms with E-state index in [9.17, 15) is 0 Å². The standard InChI is InChI=1S/C19H23NO/c1-14-9-15(2)11-16(10-14)13-21-18-12-20(3)19(18)17-7-5-4-6-8-17/h4-11,18-19H,12-13H2,1-3H3/t18-,19-/m1/s1. The Balaban J connectivity index is 1.65. The van der Waals surface area contributed by atoms with E-state index >= 15 is 0 Å². The molecule has 21 heavy (non-hydrogen) atoms. The zero-order valence-electron chi connectivity index (χ0n) is 13.0.